The first-order valence-corrected chi connectivity index (χ1v) is 9.22. The van der Waals surface area contributed by atoms with Gasteiger partial charge in [-0.25, -0.2) is 9.78 Å². The van der Waals surface area contributed by atoms with E-state index in [0.717, 1.165) is 35.3 Å². The van der Waals surface area contributed by atoms with E-state index in [-0.39, 0.29) is 18.0 Å². The molecular weight excluding hydrogens is 388 g/mol. The monoisotopic (exact) mass is 410 g/mol. The summed E-state index contributed by atoms with van der Waals surface area (Å²) in [5.41, 5.74) is 0.955. The van der Waals surface area contributed by atoms with Gasteiger partial charge in [-0.05, 0) is 55.0 Å². The Morgan fingerprint density at radius 3 is 2.76 bits per heavy atom. The van der Waals surface area contributed by atoms with Gasteiger partial charge in [0.05, 0.1) is 19.3 Å². The van der Waals surface area contributed by atoms with Gasteiger partial charge < -0.3 is 19.9 Å². The minimum atomic E-state index is -0.738. The molecule has 7 nitrogen and oxygen atoms in total. The van der Waals surface area contributed by atoms with Gasteiger partial charge in [0.25, 0.3) is 0 Å². The molecule has 2 fully saturated rings. The van der Waals surface area contributed by atoms with Gasteiger partial charge in [-0.15, -0.1) is 0 Å². The maximum atomic E-state index is 13.3. The lowest BCUT2D eigenvalue weighted by molar-refractivity contribution is -0.137. The summed E-state index contributed by atoms with van der Waals surface area (Å²) in [6, 6.07) is -0.615. The van der Waals surface area contributed by atoms with Gasteiger partial charge in [0.1, 0.15) is 16.5 Å². The molecule has 1 aliphatic heterocycles. The topological polar surface area (TPSA) is 87.3 Å². The van der Waals surface area contributed by atoms with Crippen LogP contribution in [0, 0.1) is 5.92 Å². The van der Waals surface area contributed by atoms with Crippen molar-refractivity contribution in [3.8, 4) is 0 Å². The van der Waals surface area contributed by atoms with Crippen molar-refractivity contribution in [2.75, 3.05) is 7.11 Å². The van der Waals surface area contributed by atoms with Crippen LogP contribution in [0.1, 0.15) is 45.0 Å². The molecule has 1 aromatic heterocycles. The normalized spacial score (nSPS) is 25.6. The smallest absolute Gasteiger partial charge is 0.407 e. The molecule has 0 spiro atoms. The van der Waals surface area contributed by atoms with Crippen molar-refractivity contribution in [1.82, 2.24) is 20.2 Å². The minimum absolute atomic E-state index is 0.0937. The molecule has 2 amide bonds. The average molecular weight is 411 g/mol. The van der Waals surface area contributed by atoms with Crippen molar-refractivity contribution in [2.45, 2.75) is 51.2 Å². The molecule has 1 aliphatic carbocycles. The average Bonchev–Trinajstić information content (AvgIpc) is 3.06. The maximum Gasteiger partial charge on any atom is 0.407 e. The number of carbonyl (C=O) groups excluding carboxylic acids is 2. The second kappa shape index (κ2) is 7.19. The number of rotatable bonds is 4. The molecule has 4 atom stereocenters. The number of allylic oxidation sites excluding steroid dienone is 1. The highest BCUT2D eigenvalue weighted by atomic mass is 79.9. The van der Waals surface area contributed by atoms with Crippen LogP contribution >= 0.6 is 15.9 Å². The Morgan fingerprint density at radius 2 is 2.24 bits per heavy atom. The molecule has 1 aromatic rings. The van der Waals surface area contributed by atoms with Crippen LogP contribution in [-0.2, 0) is 9.53 Å². The maximum absolute atomic E-state index is 13.3. The predicted molar refractivity (Wildman–Crippen MR) is 95.8 cm³/mol. The second-order valence-corrected chi connectivity index (χ2v) is 7.73. The van der Waals surface area contributed by atoms with Crippen molar-refractivity contribution in [3.63, 3.8) is 0 Å². The number of nitrogens with zero attached hydrogens (tertiary/aromatic N) is 2. The molecule has 8 heteroatoms. The summed E-state index contributed by atoms with van der Waals surface area (Å²) >= 11 is 3.38. The van der Waals surface area contributed by atoms with Crippen LogP contribution in [0.3, 0.4) is 0 Å². The number of nitrogens with one attached hydrogen (secondary N) is 2. The molecule has 2 N–H and O–H groups in total. The number of ether oxygens (including phenoxy) is 1. The highest BCUT2D eigenvalue weighted by molar-refractivity contribution is 9.10. The van der Waals surface area contributed by atoms with Gasteiger partial charge in [-0.3, -0.25) is 4.79 Å². The van der Waals surface area contributed by atoms with E-state index in [1.54, 1.807) is 12.3 Å². The quantitative estimate of drug-likeness (QED) is 0.746. The molecule has 1 saturated carbocycles. The van der Waals surface area contributed by atoms with Gasteiger partial charge in [0, 0.05) is 6.04 Å². The van der Waals surface area contributed by atoms with Crippen LogP contribution in [-0.4, -0.2) is 46.1 Å². The van der Waals surface area contributed by atoms with Crippen LogP contribution in [0.2, 0.25) is 0 Å². The number of halogens is 1. The fourth-order valence-electron chi connectivity index (χ4n) is 3.72. The van der Waals surface area contributed by atoms with E-state index in [0.29, 0.717) is 5.92 Å². The van der Waals surface area contributed by atoms with Gasteiger partial charge in [0.2, 0.25) is 5.91 Å². The second-order valence-electron chi connectivity index (χ2n) is 6.88. The zero-order chi connectivity index (χ0) is 18.1. The Morgan fingerprint density at radius 1 is 1.48 bits per heavy atom. The molecule has 1 unspecified atom stereocenters. The van der Waals surface area contributed by atoms with Crippen LogP contribution in [0.15, 0.2) is 22.4 Å². The molecule has 0 bridgehead atoms. The number of carbonyl (C=O) groups is 2. The van der Waals surface area contributed by atoms with E-state index in [1.165, 1.54) is 7.11 Å². The Kier molecular flexibility index (Phi) is 5.17. The summed E-state index contributed by atoms with van der Waals surface area (Å²) < 4.78 is 5.47. The molecular formula is C17H23BrN4O3. The summed E-state index contributed by atoms with van der Waals surface area (Å²) in [6.07, 6.45) is 5.88. The number of amides is 2. The number of alkyl carbamates (subject to hydrolysis) is 1. The molecule has 25 heavy (non-hydrogen) atoms. The summed E-state index contributed by atoms with van der Waals surface area (Å²) in [5, 5.41) is 2.64. The van der Waals surface area contributed by atoms with Crippen molar-refractivity contribution in [1.29, 1.82) is 0 Å². The number of aromatic nitrogens is 2. The fraction of sp³-hybridized carbons (Fsp3) is 0.588. The van der Waals surface area contributed by atoms with Gasteiger partial charge in [-0.1, -0.05) is 11.6 Å². The molecule has 136 valence electrons. The van der Waals surface area contributed by atoms with Gasteiger partial charge in [0.15, 0.2) is 0 Å². The number of imidazole rings is 1. The van der Waals surface area contributed by atoms with Crippen LogP contribution in [0.4, 0.5) is 4.79 Å². The van der Waals surface area contributed by atoms with Gasteiger partial charge in [-0.2, -0.15) is 0 Å². The molecule has 3 rings (SSSR count). The highest BCUT2D eigenvalue weighted by Gasteiger charge is 2.51. The Balaban J connectivity index is 1.88. The number of H-pyrrole nitrogens is 1. The van der Waals surface area contributed by atoms with E-state index >= 15 is 0 Å². The van der Waals surface area contributed by atoms with Gasteiger partial charge >= 0.3 is 6.09 Å². The first kappa shape index (κ1) is 18.0. The van der Waals surface area contributed by atoms with Crippen molar-refractivity contribution >= 4 is 27.9 Å². The predicted octanol–water partition coefficient (Wildman–Crippen LogP) is 2.92. The van der Waals surface area contributed by atoms with Crippen molar-refractivity contribution in [3.05, 3.63) is 28.3 Å². The molecule has 1 saturated heterocycles. The highest BCUT2D eigenvalue weighted by Crippen LogP contribution is 2.49. The summed E-state index contributed by atoms with van der Waals surface area (Å²) in [6.45, 7) is 3.80. The Labute approximate surface area is 155 Å². The van der Waals surface area contributed by atoms with E-state index in [2.05, 4.69) is 36.0 Å². The van der Waals surface area contributed by atoms with Crippen molar-refractivity contribution < 1.29 is 14.3 Å². The summed E-state index contributed by atoms with van der Waals surface area (Å²) in [7, 11) is 1.29. The zero-order valence-electron chi connectivity index (χ0n) is 14.6. The third-order valence-corrected chi connectivity index (χ3v) is 5.36. The first-order chi connectivity index (χ1) is 11.9. The van der Waals surface area contributed by atoms with E-state index in [1.807, 2.05) is 18.7 Å². The van der Waals surface area contributed by atoms with E-state index < -0.39 is 12.1 Å². The van der Waals surface area contributed by atoms with E-state index in [4.69, 9.17) is 0 Å². The first-order valence-electron chi connectivity index (χ1n) is 8.42. The third-order valence-electron chi connectivity index (χ3n) is 4.96. The largest absolute Gasteiger partial charge is 0.453 e. The summed E-state index contributed by atoms with van der Waals surface area (Å²) in [4.78, 5) is 34.4. The Bertz CT molecular complexity index is 698. The van der Waals surface area contributed by atoms with Crippen molar-refractivity contribution in [2.24, 2.45) is 5.92 Å². The lowest BCUT2D eigenvalue weighted by Crippen LogP contribution is -2.52. The number of fused-ring (bicyclic) bond motifs is 1. The number of hydrogen-bond donors (Lipinski definition) is 2. The number of methoxy groups -OCH3 is 1. The molecule has 2 aliphatic rings. The molecule has 2 heterocycles. The summed E-state index contributed by atoms with van der Waals surface area (Å²) in [5.74, 6) is 1.17. The number of aromatic amines is 1. The van der Waals surface area contributed by atoms with Crippen LogP contribution in [0.5, 0.6) is 0 Å². The number of likely N-dealkylation sites (tertiary alicyclic amines) is 1. The molecule has 0 aromatic carbocycles. The minimum Gasteiger partial charge on any atom is -0.453 e. The fourth-order valence-corrected chi connectivity index (χ4v) is 4.03. The molecule has 0 radical (unpaired) electrons. The SMILES string of the molecule is COC(=O)NC(C=C(C)C)C(=O)N1[C@@H]2CC[C@@H]2C[C@H]1c1ncc(Br)[nH]1. The van der Waals surface area contributed by atoms with E-state index in [9.17, 15) is 9.59 Å². The standard InChI is InChI=1S/C17H23BrN4O3/c1-9(2)6-11(20-17(24)25-3)16(23)22-12-5-4-10(12)7-13(22)15-19-8-14(18)21-15/h6,8,10-13H,4-5,7H2,1-3H3,(H,19,21)(H,20,24)/t10-,11?,12-,13+/m1/s1. The number of hydrogen-bond acceptors (Lipinski definition) is 4. The van der Waals surface area contributed by atoms with Crippen LogP contribution in [0.25, 0.3) is 0 Å². The van der Waals surface area contributed by atoms with Crippen LogP contribution < -0.4 is 5.32 Å². The lowest BCUT2D eigenvalue weighted by Gasteiger charge is -2.38. The Hall–Kier alpha value is -1.83. The lowest BCUT2D eigenvalue weighted by atomic mass is 9.80. The third kappa shape index (κ3) is 3.58. The zero-order valence-corrected chi connectivity index (χ0v) is 16.2.